The first-order valence-corrected chi connectivity index (χ1v) is 11.2. The molecule has 2 fully saturated rings. The van der Waals surface area contributed by atoms with E-state index in [1.54, 1.807) is 24.3 Å². The highest BCUT2D eigenvalue weighted by Crippen LogP contribution is 2.38. The smallest absolute Gasteiger partial charge is 0.251 e. The Bertz CT molecular complexity index is 903. The predicted octanol–water partition coefficient (Wildman–Crippen LogP) is 3.17. The molecule has 2 aliphatic rings. The molecule has 1 heterocycles. The second-order valence-corrected chi connectivity index (χ2v) is 8.89. The number of hydrogen-bond donors (Lipinski definition) is 3. The van der Waals surface area contributed by atoms with Crippen molar-refractivity contribution < 1.29 is 14.7 Å². The standard InChI is InChI=1S/C25H31N3O3/c1-17-14-23(17)25(31)27-21-8-6-20(7-9-21)24(30)26-15-18-2-4-19(5-3-18)16-28-12-10-22(29)11-13-28/h2-9,17,22-23,29H,10-16H2,1H3,(H,26,30)(H,27,31). The molecule has 3 N–H and O–H groups in total. The lowest BCUT2D eigenvalue weighted by Crippen LogP contribution is -2.35. The molecule has 2 amide bonds. The first-order valence-electron chi connectivity index (χ1n) is 11.2. The lowest BCUT2D eigenvalue weighted by Gasteiger charge is -2.29. The molecule has 1 saturated heterocycles. The number of benzene rings is 2. The van der Waals surface area contributed by atoms with E-state index in [0.717, 1.165) is 50.1 Å². The average molecular weight is 422 g/mol. The predicted molar refractivity (Wildman–Crippen MR) is 120 cm³/mol. The fraction of sp³-hybridized carbons (Fsp3) is 0.440. The highest BCUT2D eigenvalue weighted by molar-refractivity contribution is 5.96. The number of carbonyl (C=O) groups excluding carboxylic acids is 2. The number of amides is 2. The fourth-order valence-electron chi connectivity index (χ4n) is 4.01. The minimum Gasteiger partial charge on any atom is -0.393 e. The minimum absolute atomic E-state index is 0.0611. The molecule has 2 unspecified atom stereocenters. The molecule has 6 heteroatoms. The summed E-state index contributed by atoms with van der Waals surface area (Å²) in [5.74, 6) is 0.524. The zero-order valence-electron chi connectivity index (χ0n) is 18.0. The van der Waals surface area contributed by atoms with Crippen molar-refractivity contribution in [2.24, 2.45) is 11.8 Å². The van der Waals surface area contributed by atoms with Gasteiger partial charge in [-0.25, -0.2) is 0 Å². The van der Waals surface area contributed by atoms with Crippen LogP contribution < -0.4 is 10.6 Å². The van der Waals surface area contributed by atoms with Crippen molar-refractivity contribution in [2.75, 3.05) is 18.4 Å². The van der Waals surface area contributed by atoms with Gasteiger partial charge in [0.05, 0.1) is 6.10 Å². The second kappa shape index (κ2) is 9.62. The van der Waals surface area contributed by atoms with Crippen molar-refractivity contribution in [3.05, 3.63) is 65.2 Å². The summed E-state index contributed by atoms with van der Waals surface area (Å²) < 4.78 is 0. The van der Waals surface area contributed by atoms with E-state index in [-0.39, 0.29) is 23.8 Å². The van der Waals surface area contributed by atoms with Gasteiger partial charge in [-0.2, -0.15) is 0 Å². The molecule has 0 spiro atoms. The molecule has 1 saturated carbocycles. The van der Waals surface area contributed by atoms with Gasteiger partial charge in [0.1, 0.15) is 0 Å². The quantitative estimate of drug-likeness (QED) is 0.641. The number of anilines is 1. The van der Waals surface area contributed by atoms with E-state index in [1.165, 1.54) is 5.56 Å². The van der Waals surface area contributed by atoms with E-state index in [0.29, 0.717) is 18.0 Å². The number of aliphatic hydroxyl groups is 1. The van der Waals surface area contributed by atoms with Gasteiger partial charge in [-0.1, -0.05) is 31.2 Å². The van der Waals surface area contributed by atoms with Crippen molar-refractivity contribution >= 4 is 17.5 Å². The summed E-state index contributed by atoms with van der Waals surface area (Å²) in [6.07, 6.45) is 2.49. The molecule has 2 aromatic rings. The molecule has 2 atom stereocenters. The van der Waals surface area contributed by atoms with E-state index >= 15 is 0 Å². The van der Waals surface area contributed by atoms with Gasteiger partial charge in [0, 0.05) is 43.3 Å². The summed E-state index contributed by atoms with van der Waals surface area (Å²) in [6, 6.07) is 15.3. The topological polar surface area (TPSA) is 81.7 Å². The monoisotopic (exact) mass is 421 g/mol. The second-order valence-electron chi connectivity index (χ2n) is 8.89. The van der Waals surface area contributed by atoms with Gasteiger partial charge in [0.2, 0.25) is 5.91 Å². The fourth-order valence-corrected chi connectivity index (χ4v) is 4.01. The number of piperidine rings is 1. The van der Waals surface area contributed by atoms with E-state index < -0.39 is 0 Å². The van der Waals surface area contributed by atoms with Gasteiger partial charge in [-0.15, -0.1) is 0 Å². The molecule has 31 heavy (non-hydrogen) atoms. The van der Waals surface area contributed by atoms with Crippen molar-refractivity contribution in [2.45, 2.75) is 45.4 Å². The summed E-state index contributed by atoms with van der Waals surface area (Å²) in [7, 11) is 0. The molecular weight excluding hydrogens is 390 g/mol. The van der Waals surface area contributed by atoms with E-state index in [2.05, 4.69) is 34.6 Å². The normalized spacial score (nSPS) is 21.5. The SMILES string of the molecule is CC1CC1C(=O)Nc1ccc(C(=O)NCc2ccc(CN3CCC(O)CC3)cc2)cc1. The van der Waals surface area contributed by atoms with Crippen LogP contribution in [-0.2, 0) is 17.9 Å². The first kappa shape index (κ1) is 21.5. The zero-order chi connectivity index (χ0) is 21.8. The van der Waals surface area contributed by atoms with E-state index in [9.17, 15) is 14.7 Å². The maximum absolute atomic E-state index is 12.4. The van der Waals surface area contributed by atoms with Gasteiger partial charge in [-0.3, -0.25) is 14.5 Å². The summed E-state index contributed by atoms with van der Waals surface area (Å²) >= 11 is 0. The Kier molecular flexibility index (Phi) is 6.68. The number of nitrogens with one attached hydrogen (secondary N) is 2. The van der Waals surface area contributed by atoms with Crippen LogP contribution in [0.4, 0.5) is 5.69 Å². The number of carbonyl (C=O) groups is 2. The van der Waals surface area contributed by atoms with Gasteiger partial charge >= 0.3 is 0 Å². The van der Waals surface area contributed by atoms with Crippen LogP contribution in [0.2, 0.25) is 0 Å². The molecule has 164 valence electrons. The molecule has 0 bridgehead atoms. The molecule has 0 radical (unpaired) electrons. The van der Waals surface area contributed by atoms with Crippen LogP contribution in [0.15, 0.2) is 48.5 Å². The number of likely N-dealkylation sites (tertiary alicyclic amines) is 1. The van der Waals surface area contributed by atoms with Crippen LogP contribution in [-0.4, -0.2) is 41.0 Å². The maximum atomic E-state index is 12.4. The Morgan fingerprint density at radius 2 is 1.61 bits per heavy atom. The molecule has 4 rings (SSSR count). The molecule has 1 aliphatic heterocycles. The van der Waals surface area contributed by atoms with Gasteiger partial charge in [-0.05, 0) is 60.6 Å². The van der Waals surface area contributed by atoms with Crippen LogP contribution in [0.1, 0.15) is 47.7 Å². The van der Waals surface area contributed by atoms with E-state index in [1.807, 2.05) is 12.1 Å². The Morgan fingerprint density at radius 1 is 1.00 bits per heavy atom. The maximum Gasteiger partial charge on any atom is 0.251 e. The third-order valence-electron chi connectivity index (χ3n) is 6.30. The lowest BCUT2D eigenvalue weighted by atomic mass is 10.1. The molecule has 6 nitrogen and oxygen atoms in total. The summed E-state index contributed by atoms with van der Waals surface area (Å²) in [5, 5.41) is 15.5. The number of hydrogen-bond acceptors (Lipinski definition) is 4. The number of rotatable bonds is 7. The van der Waals surface area contributed by atoms with Crippen LogP contribution >= 0.6 is 0 Å². The van der Waals surface area contributed by atoms with Crippen molar-refractivity contribution in [3.8, 4) is 0 Å². The summed E-state index contributed by atoms with van der Waals surface area (Å²) in [5.41, 5.74) is 3.58. The molecule has 0 aromatic heterocycles. The zero-order valence-corrected chi connectivity index (χ0v) is 18.0. The highest BCUT2D eigenvalue weighted by atomic mass is 16.3. The third-order valence-corrected chi connectivity index (χ3v) is 6.30. The van der Waals surface area contributed by atoms with Crippen molar-refractivity contribution in [1.29, 1.82) is 0 Å². The van der Waals surface area contributed by atoms with Crippen molar-refractivity contribution in [3.63, 3.8) is 0 Å². The molecular formula is C25H31N3O3. The van der Waals surface area contributed by atoms with Crippen LogP contribution in [0.3, 0.4) is 0 Å². The molecule has 1 aliphatic carbocycles. The molecule has 2 aromatic carbocycles. The average Bonchev–Trinajstić information content (AvgIpc) is 3.52. The first-order chi connectivity index (χ1) is 15.0. The highest BCUT2D eigenvalue weighted by Gasteiger charge is 2.39. The largest absolute Gasteiger partial charge is 0.393 e. The Morgan fingerprint density at radius 3 is 2.23 bits per heavy atom. The van der Waals surface area contributed by atoms with Crippen LogP contribution in [0.25, 0.3) is 0 Å². The Balaban J connectivity index is 1.23. The summed E-state index contributed by atoms with van der Waals surface area (Å²) in [6.45, 7) is 5.29. The van der Waals surface area contributed by atoms with E-state index in [4.69, 9.17) is 0 Å². The Labute approximate surface area is 183 Å². The Hall–Kier alpha value is -2.70. The van der Waals surface area contributed by atoms with Crippen LogP contribution in [0, 0.1) is 11.8 Å². The van der Waals surface area contributed by atoms with Crippen LogP contribution in [0.5, 0.6) is 0 Å². The van der Waals surface area contributed by atoms with Gasteiger partial charge in [0.15, 0.2) is 0 Å². The third kappa shape index (κ3) is 5.93. The summed E-state index contributed by atoms with van der Waals surface area (Å²) in [4.78, 5) is 26.8. The number of aliphatic hydroxyl groups excluding tert-OH is 1. The van der Waals surface area contributed by atoms with Gasteiger partial charge in [0.25, 0.3) is 5.91 Å². The minimum atomic E-state index is -0.149. The lowest BCUT2D eigenvalue weighted by molar-refractivity contribution is -0.117. The van der Waals surface area contributed by atoms with Gasteiger partial charge < -0.3 is 15.7 Å². The number of nitrogens with zero attached hydrogens (tertiary/aromatic N) is 1. The van der Waals surface area contributed by atoms with Crippen molar-refractivity contribution in [1.82, 2.24) is 10.2 Å².